The highest BCUT2D eigenvalue weighted by Gasteiger charge is 2.14. The van der Waals surface area contributed by atoms with E-state index in [0.29, 0.717) is 0 Å². The number of carbonyl (C=O) groups is 2. The number of nitrogens with one attached hydrogen (secondary N) is 2. The molecule has 7 heteroatoms. The first-order valence-corrected chi connectivity index (χ1v) is 7.06. The monoisotopic (exact) mass is 336 g/mol. The molecule has 2 rings (SSSR count). The van der Waals surface area contributed by atoms with Gasteiger partial charge in [0.2, 0.25) is 0 Å². The van der Waals surface area contributed by atoms with E-state index in [1.807, 2.05) is 0 Å². The minimum Gasteiger partial charge on any atom is -0.465 e. The molecule has 0 aliphatic rings. The van der Waals surface area contributed by atoms with E-state index in [4.69, 9.17) is 11.6 Å². The zero-order valence-corrected chi connectivity index (χ0v) is 13.0. The highest BCUT2D eigenvalue weighted by atomic mass is 35.5. The van der Waals surface area contributed by atoms with E-state index in [1.165, 1.54) is 31.4 Å². The zero-order chi connectivity index (χ0) is 16.8. The van der Waals surface area contributed by atoms with Crippen molar-refractivity contribution in [3.8, 4) is 0 Å². The molecule has 0 bridgehead atoms. The smallest absolute Gasteiger partial charge is 0.339 e. The Labute approximate surface area is 137 Å². The van der Waals surface area contributed by atoms with Gasteiger partial charge in [0.1, 0.15) is 5.82 Å². The summed E-state index contributed by atoms with van der Waals surface area (Å²) in [6, 6.07) is 10.1. The van der Waals surface area contributed by atoms with Crippen LogP contribution in [0.25, 0.3) is 0 Å². The van der Waals surface area contributed by atoms with Gasteiger partial charge < -0.3 is 15.4 Å². The molecule has 5 nitrogen and oxygen atoms in total. The molecule has 0 atom stereocenters. The summed E-state index contributed by atoms with van der Waals surface area (Å²) in [7, 11) is 1.25. The first kappa shape index (κ1) is 16.8. The number of amides is 2. The topological polar surface area (TPSA) is 67.4 Å². The van der Waals surface area contributed by atoms with Crippen molar-refractivity contribution in [1.82, 2.24) is 5.32 Å². The average Bonchev–Trinajstić information content (AvgIpc) is 2.54. The quantitative estimate of drug-likeness (QED) is 0.838. The number of esters is 1. The molecule has 0 radical (unpaired) electrons. The number of carbonyl (C=O) groups excluding carboxylic acids is 2. The summed E-state index contributed by atoms with van der Waals surface area (Å²) in [5, 5.41) is 5.23. The van der Waals surface area contributed by atoms with E-state index in [0.717, 1.165) is 0 Å². The highest BCUT2D eigenvalue weighted by Crippen LogP contribution is 2.19. The lowest BCUT2D eigenvalue weighted by molar-refractivity contribution is 0.0602. The number of para-hydroxylation sites is 1. The number of benzene rings is 2. The largest absolute Gasteiger partial charge is 0.465 e. The molecule has 0 unspecified atom stereocenters. The number of halogens is 2. The van der Waals surface area contributed by atoms with E-state index in [2.05, 4.69) is 15.4 Å². The highest BCUT2D eigenvalue weighted by molar-refractivity contribution is 6.31. The second-order valence-corrected chi connectivity index (χ2v) is 4.95. The van der Waals surface area contributed by atoms with Crippen molar-refractivity contribution < 1.29 is 18.7 Å². The summed E-state index contributed by atoms with van der Waals surface area (Å²) in [5.41, 5.74) is 0.691. The molecule has 0 spiro atoms. The second kappa shape index (κ2) is 7.60. The van der Waals surface area contributed by atoms with E-state index in [9.17, 15) is 14.0 Å². The molecule has 2 aromatic rings. The number of ether oxygens (including phenoxy) is 1. The van der Waals surface area contributed by atoms with Crippen LogP contribution < -0.4 is 10.6 Å². The second-order valence-electron chi connectivity index (χ2n) is 4.55. The first-order chi connectivity index (χ1) is 11.0. The van der Waals surface area contributed by atoms with Crippen LogP contribution in [-0.4, -0.2) is 19.1 Å². The van der Waals surface area contributed by atoms with Crippen LogP contribution >= 0.6 is 11.6 Å². The van der Waals surface area contributed by atoms with E-state index >= 15 is 0 Å². The Kier molecular flexibility index (Phi) is 5.54. The molecule has 120 valence electrons. The fourth-order valence-electron chi connectivity index (χ4n) is 1.92. The van der Waals surface area contributed by atoms with Crippen molar-refractivity contribution in [2.75, 3.05) is 12.4 Å². The Morgan fingerprint density at radius 3 is 2.61 bits per heavy atom. The van der Waals surface area contributed by atoms with Gasteiger partial charge in [-0.3, -0.25) is 0 Å². The standard InChI is InChI=1S/C16H14ClFN2O3/c1-23-15(21)10-5-2-3-8-14(10)20-16(22)19-9-11-12(17)6-4-7-13(11)18/h2-8H,9H2,1H3,(H2,19,20,22). The van der Waals surface area contributed by atoms with Crippen LogP contribution in [0, 0.1) is 5.82 Å². The van der Waals surface area contributed by atoms with Crippen molar-refractivity contribution in [3.63, 3.8) is 0 Å². The maximum atomic E-state index is 13.6. The van der Waals surface area contributed by atoms with Crippen LogP contribution in [0.15, 0.2) is 42.5 Å². The molecule has 2 amide bonds. The SMILES string of the molecule is COC(=O)c1ccccc1NC(=O)NCc1c(F)cccc1Cl. The molecule has 2 N–H and O–H groups in total. The van der Waals surface area contributed by atoms with Crippen LogP contribution in [0.5, 0.6) is 0 Å². The van der Waals surface area contributed by atoms with Crippen LogP contribution in [-0.2, 0) is 11.3 Å². The lowest BCUT2D eigenvalue weighted by Crippen LogP contribution is -2.29. The lowest BCUT2D eigenvalue weighted by atomic mass is 10.2. The Hall–Kier alpha value is -2.60. The summed E-state index contributed by atoms with van der Waals surface area (Å²) >= 11 is 5.89. The molecule has 0 aromatic heterocycles. The number of hydrogen-bond acceptors (Lipinski definition) is 3. The van der Waals surface area contributed by atoms with Gasteiger partial charge in [-0.1, -0.05) is 29.8 Å². The Balaban J connectivity index is 2.05. The van der Waals surface area contributed by atoms with Gasteiger partial charge in [0.05, 0.1) is 18.4 Å². The molecule has 0 aliphatic carbocycles. The number of urea groups is 1. The third-order valence-electron chi connectivity index (χ3n) is 3.07. The van der Waals surface area contributed by atoms with Gasteiger partial charge in [0, 0.05) is 17.1 Å². The molecule has 0 aliphatic heterocycles. The van der Waals surface area contributed by atoms with Gasteiger partial charge in [0.25, 0.3) is 0 Å². The minimum absolute atomic E-state index is 0.0856. The number of anilines is 1. The summed E-state index contributed by atoms with van der Waals surface area (Å²) in [6.45, 7) is -0.0856. The average molecular weight is 337 g/mol. The van der Waals surface area contributed by atoms with Crippen molar-refractivity contribution in [2.45, 2.75) is 6.54 Å². The molecule has 0 saturated carbocycles. The van der Waals surface area contributed by atoms with Crippen LogP contribution in [0.4, 0.5) is 14.9 Å². The Morgan fingerprint density at radius 2 is 1.91 bits per heavy atom. The molecule has 23 heavy (non-hydrogen) atoms. The van der Waals surface area contributed by atoms with Gasteiger partial charge in [0.15, 0.2) is 0 Å². The summed E-state index contributed by atoms with van der Waals surface area (Å²) in [5.74, 6) is -1.08. The first-order valence-electron chi connectivity index (χ1n) is 6.68. The predicted octanol–water partition coefficient (Wildman–Crippen LogP) is 3.59. The molecular formula is C16H14ClFN2O3. The summed E-state index contributed by atoms with van der Waals surface area (Å²) in [6.07, 6.45) is 0. The maximum absolute atomic E-state index is 13.6. The lowest BCUT2D eigenvalue weighted by Gasteiger charge is -2.11. The summed E-state index contributed by atoms with van der Waals surface area (Å²) in [4.78, 5) is 23.6. The van der Waals surface area contributed by atoms with Gasteiger partial charge in [-0.25, -0.2) is 14.0 Å². The van der Waals surface area contributed by atoms with Crippen LogP contribution in [0.3, 0.4) is 0 Å². The molecule has 0 heterocycles. The van der Waals surface area contributed by atoms with Gasteiger partial charge >= 0.3 is 12.0 Å². The third kappa shape index (κ3) is 4.20. The van der Waals surface area contributed by atoms with Crippen LogP contribution in [0.2, 0.25) is 5.02 Å². The van der Waals surface area contributed by atoms with Crippen molar-refractivity contribution in [3.05, 3.63) is 64.4 Å². The molecule has 0 fully saturated rings. The normalized spacial score (nSPS) is 10.0. The Morgan fingerprint density at radius 1 is 1.17 bits per heavy atom. The molecule has 0 saturated heterocycles. The Bertz CT molecular complexity index is 717. The van der Waals surface area contributed by atoms with Crippen molar-refractivity contribution in [2.24, 2.45) is 0 Å². The van der Waals surface area contributed by atoms with E-state index in [-0.39, 0.29) is 28.4 Å². The molecular weight excluding hydrogens is 323 g/mol. The van der Waals surface area contributed by atoms with Gasteiger partial charge in [-0.2, -0.15) is 0 Å². The third-order valence-corrected chi connectivity index (χ3v) is 3.42. The fourth-order valence-corrected chi connectivity index (χ4v) is 2.15. The summed E-state index contributed by atoms with van der Waals surface area (Å²) < 4.78 is 18.3. The minimum atomic E-state index is -0.597. The fraction of sp³-hybridized carbons (Fsp3) is 0.125. The van der Waals surface area contributed by atoms with E-state index < -0.39 is 17.8 Å². The van der Waals surface area contributed by atoms with Crippen LogP contribution in [0.1, 0.15) is 15.9 Å². The maximum Gasteiger partial charge on any atom is 0.339 e. The zero-order valence-electron chi connectivity index (χ0n) is 12.2. The van der Waals surface area contributed by atoms with Crippen molar-refractivity contribution >= 4 is 29.3 Å². The predicted molar refractivity (Wildman–Crippen MR) is 85.0 cm³/mol. The number of rotatable bonds is 4. The number of methoxy groups -OCH3 is 1. The molecule has 2 aromatic carbocycles. The van der Waals surface area contributed by atoms with Crippen molar-refractivity contribution in [1.29, 1.82) is 0 Å². The van der Waals surface area contributed by atoms with Gasteiger partial charge in [-0.05, 0) is 24.3 Å². The van der Waals surface area contributed by atoms with E-state index in [1.54, 1.807) is 18.2 Å². The van der Waals surface area contributed by atoms with Gasteiger partial charge in [-0.15, -0.1) is 0 Å². The number of hydrogen-bond donors (Lipinski definition) is 2.